The van der Waals surface area contributed by atoms with Gasteiger partial charge < -0.3 is 0 Å². The number of fused-ring (bicyclic) bond motifs is 8. The van der Waals surface area contributed by atoms with Gasteiger partial charge in [-0.15, -0.1) is 13.2 Å². The molecule has 0 spiro atoms. The third kappa shape index (κ3) is 2.27. The molecule has 0 fully saturated rings. The van der Waals surface area contributed by atoms with Gasteiger partial charge in [0.15, 0.2) is 0 Å². The molecule has 2 bridgehead atoms. The Hall–Kier alpha value is -2.12. The summed E-state index contributed by atoms with van der Waals surface area (Å²) in [7, 11) is 0. The maximum atomic E-state index is 3.90. The van der Waals surface area contributed by atoms with Gasteiger partial charge in [0.25, 0.3) is 0 Å². The number of unbranched alkanes of at least 4 members (excludes halogenated alkanes) is 1. The van der Waals surface area contributed by atoms with Crippen LogP contribution >= 0.6 is 0 Å². The van der Waals surface area contributed by atoms with Crippen molar-refractivity contribution in [3.8, 4) is 0 Å². The summed E-state index contributed by atoms with van der Waals surface area (Å²) in [5.74, 6) is 0. The van der Waals surface area contributed by atoms with Crippen molar-refractivity contribution in [2.45, 2.75) is 37.8 Å². The lowest BCUT2D eigenvalue weighted by Gasteiger charge is -2.22. The van der Waals surface area contributed by atoms with Gasteiger partial charge in [-0.05, 0) is 53.5 Å². The molecular weight excluding hydrogens is 290 g/mol. The molecule has 0 radical (unpaired) electrons. The van der Waals surface area contributed by atoms with Crippen molar-refractivity contribution in [1.82, 2.24) is 4.90 Å². The minimum atomic E-state index is 0.437. The Bertz CT molecular complexity index is 773. The second-order valence-electron chi connectivity index (χ2n) is 6.85. The van der Waals surface area contributed by atoms with Gasteiger partial charge >= 0.3 is 0 Å². The topological polar surface area (TPSA) is 3.24 Å². The Morgan fingerprint density at radius 3 is 2.29 bits per heavy atom. The second-order valence-corrected chi connectivity index (χ2v) is 6.85. The minimum Gasteiger partial charge on any atom is -0.281 e. The molecule has 0 N–H and O–H groups in total. The second kappa shape index (κ2) is 6.41. The lowest BCUT2D eigenvalue weighted by molar-refractivity contribution is 0.234. The molecule has 0 aromatic heterocycles. The first-order valence-electron chi connectivity index (χ1n) is 9.05. The molecule has 2 heterocycles. The summed E-state index contributed by atoms with van der Waals surface area (Å²) in [6.45, 7) is 8.91. The van der Waals surface area contributed by atoms with Gasteiger partial charge in [0.1, 0.15) is 0 Å². The molecule has 0 aliphatic carbocycles. The third-order valence-electron chi connectivity index (χ3n) is 5.49. The molecule has 2 atom stereocenters. The van der Waals surface area contributed by atoms with E-state index >= 15 is 0 Å². The number of rotatable bonds is 7. The van der Waals surface area contributed by atoms with Gasteiger partial charge in [-0.1, -0.05) is 54.6 Å². The van der Waals surface area contributed by atoms with Crippen molar-refractivity contribution in [3.05, 3.63) is 95.6 Å². The first kappa shape index (κ1) is 15.4. The molecule has 1 heteroatoms. The van der Waals surface area contributed by atoms with Crippen LogP contribution in [-0.4, -0.2) is 11.4 Å². The largest absolute Gasteiger partial charge is 0.281 e. The highest BCUT2D eigenvalue weighted by Crippen LogP contribution is 2.57. The van der Waals surface area contributed by atoms with Gasteiger partial charge in [0.2, 0.25) is 0 Å². The van der Waals surface area contributed by atoms with E-state index in [4.69, 9.17) is 0 Å². The van der Waals surface area contributed by atoms with E-state index in [9.17, 15) is 0 Å². The van der Waals surface area contributed by atoms with Crippen molar-refractivity contribution in [3.63, 3.8) is 0 Å². The Morgan fingerprint density at radius 2 is 1.54 bits per heavy atom. The Labute approximate surface area is 145 Å². The van der Waals surface area contributed by atoms with E-state index in [2.05, 4.69) is 60.5 Å². The van der Waals surface area contributed by atoms with Crippen LogP contribution in [0.5, 0.6) is 0 Å². The normalized spacial score (nSPS) is 20.7. The van der Waals surface area contributed by atoms with Crippen LogP contribution in [0.25, 0.3) is 0 Å². The number of hydrogen-bond donors (Lipinski definition) is 0. The zero-order valence-electron chi connectivity index (χ0n) is 14.2. The van der Waals surface area contributed by atoms with E-state index in [-0.39, 0.29) is 0 Å². The van der Waals surface area contributed by atoms with Crippen molar-refractivity contribution in [2.24, 2.45) is 0 Å². The molecule has 2 aromatic carbocycles. The maximum absolute atomic E-state index is 3.90. The van der Waals surface area contributed by atoms with Gasteiger partial charge in [0, 0.05) is 6.54 Å². The molecule has 2 aliphatic heterocycles. The van der Waals surface area contributed by atoms with Crippen LogP contribution in [0.2, 0.25) is 0 Å². The number of hydrogen-bond acceptors (Lipinski definition) is 1. The van der Waals surface area contributed by atoms with E-state index in [1.807, 2.05) is 12.2 Å². The fourth-order valence-electron chi connectivity index (χ4n) is 4.54. The summed E-state index contributed by atoms with van der Waals surface area (Å²) >= 11 is 0. The van der Waals surface area contributed by atoms with Crippen molar-refractivity contribution in [2.75, 3.05) is 6.54 Å². The van der Waals surface area contributed by atoms with Crippen molar-refractivity contribution < 1.29 is 0 Å². The van der Waals surface area contributed by atoms with Gasteiger partial charge in [-0.3, -0.25) is 4.90 Å². The molecular formula is C23H25N. The van der Waals surface area contributed by atoms with Crippen LogP contribution in [-0.2, 0) is 6.42 Å². The third-order valence-corrected chi connectivity index (χ3v) is 5.49. The Kier molecular flexibility index (Phi) is 4.12. The van der Waals surface area contributed by atoms with Gasteiger partial charge in [-0.25, -0.2) is 0 Å². The molecule has 1 nitrogen and oxygen atoms in total. The first-order chi connectivity index (χ1) is 11.9. The average Bonchev–Trinajstić information content (AvgIpc) is 3.11. The summed E-state index contributed by atoms with van der Waals surface area (Å²) in [6, 6.07) is 16.8. The van der Waals surface area contributed by atoms with E-state index < -0.39 is 0 Å². The molecule has 4 rings (SSSR count). The van der Waals surface area contributed by atoms with Gasteiger partial charge in [0.05, 0.1) is 12.1 Å². The maximum Gasteiger partial charge on any atom is 0.0619 e. The SMILES string of the molecule is C=CCCCN1C2c3ccccc3C1c1c(CCC=C)cccc12. The molecule has 2 unspecified atom stereocenters. The molecule has 0 amide bonds. The highest BCUT2D eigenvalue weighted by Gasteiger charge is 2.47. The summed E-state index contributed by atoms with van der Waals surface area (Å²) in [4.78, 5) is 2.70. The lowest BCUT2D eigenvalue weighted by Crippen LogP contribution is -2.22. The lowest BCUT2D eigenvalue weighted by atomic mass is 9.83. The molecule has 24 heavy (non-hydrogen) atoms. The molecule has 2 aromatic rings. The standard InChI is InChI=1S/C23H25N/c1-3-5-9-16-24-22-18-13-7-8-14-19(18)23(24)21-17(11-6-4-2)12-10-15-20(21)22/h3-4,7-8,10,12-15,22-23H,1-2,5-6,9,11,16H2. The number of allylic oxidation sites excluding steroid dienone is 2. The smallest absolute Gasteiger partial charge is 0.0619 e. The van der Waals surface area contributed by atoms with Crippen LogP contribution in [0.3, 0.4) is 0 Å². The van der Waals surface area contributed by atoms with E-state index in [0.717, 1.165) is 25.8 Å². The van der Waals surface area contributed by atoms with E-state index in [1.165, 1.54) is 28.7 Å². The minimum absolute atomic E-state index is 0.437. The predicted molar refractivity (Wildman–Crippen MR) is 101 cm³/mol. The Balaban J connectivity index is 1.77. The van der Waals surface area contributed by atoms with Crippen molar-refractivity contribution >= 4 is 0 Å². The summed E-state index contributed by atoms with van der Waals surface area (Å²) in [6.07, 6.45) is 8.48. The zero-order valence-corrected chi connectivity index (χ0v) is 14.2. The summed E-state index contributed by atoms with van der Waals surface area (Å²) in [5, 5.41) is 0. The van der Waals surface area contributed by atoms with Gasteiger partial charge in [-0.2, -0.15) is 0 Å². The molecule has 0 saturated heterocycles. The monoisotopic (exact) mass is 315 g/mol. The van der Waals surface area contributed by atoms with Crippen LogP contribution < -0.4 is 0 Å². The first-order valence-corrected chi connectivity index (χ1v) is 9.05. The molecule has 0 saturated carbocycles. The average molecular weight is 315 g/mol. The Morgan fingerprint density at radius 1 is 0.833 bits per heavy atom. The quantitative estimate of drug-likeness (QED) is 0.476. The van der Waals surface area contributed by atoms with Crippen LogP contribution in [0, 0.1) is 0 Å². The number of aryl methyl sites for hydroxylation is 1. The number of benzene rings is 2. The fourth-order valence-corrected chi connectivity index (χ4v) is 4.54. The van der Waals surface area contributed by atoms with E-state index in [1.54, 1.807) is 5.56 Å². The highest BCUT2D eigenvalue weighted by atomic mass is 15.2. The molecule has 122 valence electrons. The van der Waals surface area contributed by atoms with Crippen molar-refractivity contribution in [1.29, 1.82) is 0 Å². The molecule has 2 aliphatic rings. The van der Waals surface area contributed by atoms with E-state index in [0.29, 0.717) is 12.1 Å². The van der Waals surface area contributed by atoms with Crippen LogP contribution in [0.1, 0.15) is 59.2 Å². The zero-order chi connectivity index (χ0) is 16.5. The summed E-state index contributed by atoms with van der Waals surface area (Å²) in [5.41, 5.74) is 7.62. The van der Waals surface area contributed by atoms with Crippen LogP contribution in [0.4, 0.5) is 0 Å². The predicted octanol–water partition coefficient (Wildman–Crippen LogP) is 5.58. The van der Waals surface area contributed by atoms with Crippen LogP contribution in [0.15, 0.2) is 67.8 Å². The number of nitrogens with zero attached hydrogens (tertiary/aromatic N) is 1. The summed E-state index contributed by atoms with van der Waals surface area (Å²) < 4.78 is 0. The highest BCUT2D eigenvalue weighted by molar-refractivity contribution is 5.59. The fraction of sp³-hybridized carbons (Fsp3) is 0.304.